The third-order valence-electron chi connectivity index (χ3n) is 4.01. The van der Waals surface area contributed by atoms with Crippen LogP contribution in [0, 0.1) is 5.82 Å². The topological polar surface area (TPSA) is 102 Å². The van der Waals surface area contributed by atoms with Crippen LogP contribution in [0.4, 0.5) is 10.1 Å². The Hall–Kier alpha value is -3.49. The third kappa shape index (κ3) is 4.20. The third-order valence-corrected chi connectivity index (χ3v) is 4.01. The van der Waals surface area contributed by atoms with Gasteiger partial charge in [0.25, 0.3) is 0 Å². The lowest BCUT2D eigenvalue weighted by Gasteiger charge is -2.17. The van der Waals surface area contributed by atoms with E-state index in [9.17, 15) is 9.18 Å². The highest BCUT2D eigenvalue weighted by Gasteiger charge is 2.27. The molecule has 1 atom stereocenters. The van der Waals surface area contributed by atoms with E-state index in [1.807, 2.05) is 12.1 Å². The number of aromatic nitrogens is 4. The molecule has 0 aliphatic heterocycles. The van der Waals surface area contributed by atoms with Crippen LogP contribution in [-0.2, 0) is 11.2 Å². The van der Waals surface area contributed by atoms with Crippen LogP contribution in [0.5, 0.6) is 11.5 Å². The molecule has 0 bridgehead atoms. The molecular weight excluding hydrogens is 353 g/mol. The van der Waals surface area contributed by atoms with Gasteiger partial charge in [-0.15, -0.1) is 10.2 Å². The van der Waals surface area contributed by atoms with E-state index in [1.54, 1.807) is 13.2 Å². The number of amides is 1. The summed E-state index contributed by atoms with van der Waals surface area (Å²) in [6.45, 7) is 0. The summed E-state index contributed by atoms with van der Waals surface area (Å²) < 4.78 is 23.8. The Bertz CT molecular complexity index is 900. The number of aromatic amines is 1. The zero-order valence-electron chi connectivity index (χ0n) is 14.8. The van der Waals surface area contributed by atoms with E-state index >= 15 is 0 Å². The molecule has 2 aromatic carbocycles. The molecule has 9 heteroatoms. The monoisotopic (exact) mass is 371 g/mol. The number of carbonyl (C=O) groups is 1. The van der Waals surface area contributed by atoms with Gasteiger partial charge in [0.2, 0.25) is 5.91 Å². The zero-order chi connectivity index (χ0) is 19.2. The zero-order valence-corrected chi connectivity index (χ0v) is 14.8. The maximum atomic E-state index is 13.1. The second-order valence-electron chi connectivity index (χ2n) is 5.68. The van der Waals surface area contributed by atoms with Crippen LogP contribution in [0.15, 0.2) is 42.5 Å². The van der Waals surface area contributed by atoms with Gasteiger partial charge in [0, 0.05) is 5.69 Å². The maximum absolute atomic E-state index is 13.1. The lowest BCUT2D eigenvalue weighted by Crippen LogP contribution is -2.24. The standard InChI is InChI=1S/C18H18FN5O3/c1-26-15-5-3-4-11(16(15)27-2)10-14(17-21-23-24-22-17)18(25)20-13-8-6-12(19)7-9-13/h3-9,14H,10H2,1-2H3,(H,20,25)(H,21,22,23,24). The van der Waals surface area contributed by atoms with E-state index in [4.69, 9.17) is 9.47 Å². The summed E-state index contributed by atoms with van der Waals surface area (Å²) in [6.07, 6.45) is 0.257. The van der Waals surface area contributed by atoms with Gasteiger partial charge in [-0.25, -0.2) is 4.39 Å². The molecule has 140 valence electrons. The van der Waals surface area contributed by atoms with Crippen molar-refractivity contribution in [1.82, 2.24) is 20.6 Å². The quantitative estimate of drug-likeness (QED) is 0.661. The molecule has 0 radical (unpaired) electrons. The van der Waals surface area contributed by atoms with Crippen LogP contribution in [0.2, 0.25) is 0 Å². The molecule has 1 unspecified atom stereocenters. The first-order valence-electron chi connectivity index (χ1n) is 8.12. The number of tetrazole rings is 1. The molecule has 0 saturated carbocycles. The summed E-state index contributed by atoms with van der Waals surface area (Å²) in [5, 5.41) is 16.5. The van der Waals surface area contributed by atoms with Gasteiger partial charge < -0.3 is 14.8 Å². The Kier molecular flexibility index (Phi) is 5.60. The van der Waals surface area contributed by atoms with Gasteiger partial charge in [-0.2, -0.15) is 5.21 Å². The average Bonchev–Trinajstić information content (AvgIpc) is 3.21. The molecule has 0 fully saturated rings. The molecule has 0 aliphatic rings. The summed E-state index contributed by atoms with van der Waals surface area (Å²) in [6, 6.07) is 10.9. The average molecular weight is 371 g/mol. The van der Waals surface area contributed by atoms with Crippen molar-refractivity contribution in [2.24, 2.45) is 0 Å². The first-order valence-corrected chi connectivity index (χ1v) is 8.12. The molecular formula is C18H18FN5O3. The van der Waals surface area contributed by atoms with Gasteiger partial charge in [-0.1, -0.05) is 17.3 Å². The minimum absolute atomic E-state index is 0.236. The number of hydrogen-bond acceptors (Lipinski definition) is 6. The number of nitrogens with one attached hydrogen (secondary N) is 2. The lowest BCUT2D eigenvalue weighted by atomic mass is 9.96. The largest absolute Gasteiger partial charge is 0.493 e. The predicted octanol–water partition coefficient (Wildman–Crippen LogP) is 2.32. The Labute approximate surface area is 154 Å². The van der Waals surface area contributed by atoms with E-state index in [0.717, 1.165) is 5.56 Å². The second-order valence-corrected chi connectivity index (χ2v) is 5.68. The van der Waals surface area contributed by atoms with E-state index < -0.39 is 5.92 Å². The Morgan fingerprint density at radius 2 is 1.96 bits per heavy atom. The SMILES string of the molecule is COc1cccc(CC(C(=O)Nc2ccc(F)cc2)c2nn[nH]n2)c1OC. The fraction of sp³-hybridized carbons (Fsp3) is 0.222. The fourth-order valence-corrected chi connectivity index (χ4v) is 2.72. The Morgan fingerprint density at radius 3 is 2.59 bits per heavy atom. The molecule has 1 amide bonds. The van der Waals surface area contributed by atoms with E-state index in [0.29, 0.717) is 17.2 Å². The van der Waals surface area contributed by atoms with Crippen molar-refractivity contribution in [3.05, 3.63) is 59.7 Å². The molecule has 8 nitrogen and oxygen atoms in total. The van der Waals surface area contributed by atoms with E-state index in [2.05, 4.69) is 25.9 Å². The van der Waals surface area contributed by atoms with Crippen molar-refractivity contribution in [1.29, 1.82) is 0 Å². The highest BCUT2D eigenvalue weighted by Crippen LogP contribution is 2.33. The highest BCUT2D eigenvalue weighted by atomic mass is 19.1. The number of para-hydroxylation sites is 1. The minimum Gasteiger partial charge on any atom is -0.493 e. The Balaban J connectivity index is 1.89. The first-order chi connectivity index (χ1) is 13.1. The minimum atomic E-state index is -0.741. The van der Waals surface area contributed by atoms with Crippen molar-refractivity contribution in [3.63, 3.8) is 0 Å². The van der Waals surface area contributed by atoms with Gasteiger partial charge in [0.05, 0.1) is 14.2 Å². The van der Waals surface area contributed by atoms with Crippen LogP contribution in [0.3, 0.4) is 0 Å². The number of nitrogens with zero attached hydrogens (tertiary/aromatic N) is 3. The van der Waals surface area contributed by atoms with Gasteiger partial charge in [-0.3, -0.25) is 4.79 Å². The predicted molar refractivity (Wildman–Crippen MR) is 95.2 cm³/mol. The van der Waals surface area contributed by atoms with E-state index in [1.165, 1.54) is 31.4 Å². The Morgan fingerprint density at radius 1 is 1.19 bits per heavy atom. The highest BCUT2D eigenvalue weighted by molar-refractivity contribution is 5.95. The summed E-state index contributed by atoms with van der Waals surface area (Å²) in [5.74, 6) is -0.158. The van der Waals surface area contributed by atoms with Crippen LogP contribution >= 0.6 is 0 Å². The van der Waals surface area contributed by atoms with Crippen LogP contribution in [-0.4, -0.2) is 40.8 Å². The van der Waals surface area contributed by atoms with Crippen molar-refractivity contribution in [2.45, 2.75) is 12.3 Å². The smallest absolute Gasteiger partial charge is 0.235 e. The second kappa shape index (κ2) is 8.26. The lowest BCUT2D eigenvalue weighted by molar-refractivity contribution is -0.117. The van der Waals surface area contributed by atoms with Gasteiger partial charge in [0.15, 0.2) is 17.3 Å². The molecule has 1 heterocycles. The van der Waals surface area contributed by atoms with Crippen molar-refractivity contribution in [3.8, 4) is 11.5 Å². The van der Waals surface area contributed by atoms with Crippen molar-refractivity contribution < 1.29 is 18.7 Å². The summed E-state index contributed by atoms with van der Waals surface area (Å²) in [7, 11) is 3.07. The summed E-state index contributed by atoms with van der Waals surface area (Å²) in [4.78, 5) is 12.9. The number of H-pyrrole nitrogens is 1. The van der Waals surface area contributed by atoms with E-state index in [-0.39, 0.29) is 24.0 Å². The summed E-state index contributed by atoms with van der Waals surface area (Å²) in [5.41, 5.74) is 1.22. The van der Waals surface area contributed by atoms with Crippen LogP contribution < -0.4 is 14.8 Å². The van der Waals surface area contributed by atoms with Crippen molar-refractivity contribution in [2.75, 3.05) is 19.5 Å². The molecule has 0 aliphatic carbocycles. The van der Waals surface area contributed by atoms with Gasteiger partial charge >= 0.3 is 0 Å². The fourth-order valence-electron chi connectivity index (χ4n) is 2.72. The molecule has 3 rings (SSSR count). The molecule has 1 aromatic heterocycles. The molecule has 27 heavy (non-hydrogen) atoms. The molecule has 2 N–H and O–H groups in total. The summed E-state index contributed by atoms with van der Waals surface area (Å²) >= 11 is 0. The number of rotatable bonds is 7. The number of carbonyl (C=O) groups excluding carboxylic acids is 1. The number of benzene rings is 2. The van der Waals surface area contributed by atoms with Gasteiger partial charge in [-0.05, 0) is 42.3 Å². The number of ether oxygens (including phenoxy) is 2. The number of hydrogen-bond donors (Lipinski definition) is 2. The molecule has 0 saturated heterocycles. The molecule has 0 spiro atoms. The first kappa shape index (κ1) is 18.3. The molecule has 3 aromatic rings. The number of halogens is 1. The van der Waals surface area contributed by atoms with Gasteiger partial charge in [0.1, 0.15) is 11.7 Å². The maximum Gasteiger partial charge on any atom is 0.235 e. The number of methoxy groups -OCH3 is 2. The van der Waals surface area contributed by atoms with Crippen LogP contribution in [0.1, 0.15) is 17.3 Å². The van der Waals surface area contributed by atoms with Crippen molar-refractivity contribution >= 4 is 11.6 Å². The van der Waals surface area contributed by atoms with Crippen LogP contribution in [0.25, 0.3) is 0 Å². The number of anilines is 1. The normalized spacial score (nSPS) is 11.7.